The molecule has 4 aliphatic rings. The summed E-state index contributed by atoms with van der Waals surface area (Å²) >= 11 is 14.1. The van der Waals surface area contributed by atoms with E-state index in [9.17, 15) is 41.8 Å². The quantitative estimate of drug-likeness (QED) is 0.0491. The van der Waals surface area contributed by atoms with Crippen LogP contribution in [0.15, 0.2) is 82.8 Å². The predicted molar refractivity (Wildman–Crippen MR) is 186 cm³/mol. The van der Waals surface area contributed by atoms with Crippen molar-refractivity contribution in [3.05, 3.63) is 119 Å². The fraction of sp³-hybridized carbons (Fsp3) is 0.205. The number of benzene rings is 4. The summed E-state index contributed by atoms with van der Waals surface area (Å²) in [4.78, 5) is 56.4. The highest BCUT2D eigenvalue weighted by Gasteiger charge is 2.77. The number of halogens is 8. The molecular weight excluding hydrogens is 791 g/mol. The van der Waals surface area contributed by atoms with Crippen LogP contribution in [0.1, 0.15) is 24.3 Å². The van der Waals surface area contributed by atoms with Gasteiger partial charge < -0.3 is 9.52 Å². The van der Waals surface area contributed by atoms with Crippen molar-refractivity contribution in [2.45, 2.75) is 28.5 Å². The minimum atomic E-state index is -2.92. The SMILES string of the molecule is O=C1[C@H]2[C@H](CC=C3[C@H]2C[C@@]2(Cl)C(=O)N(c4c(F)c(F)c(F)c(F)c4F)C(=O)[C@@]2(Cl)[C@H]3c2cccc(F)c2O)C(=O)N1c1ccc(-c2nc3ccccc3o2)cc1. The minimum Gasteiger partial charge on any atom is -0.505 e. The maximum atomic E-state index is 15.3. The molecule has 2 aliphatic heterocycles. The molecule has 2 saturated heterocycles. The number of aromatic nitrogens is 1. The van der Waals surface area contributed by atoms with Gasteiger partial charge in [0.1, 0.15) is 11.2 Å². The zero-order valence-electron chi connectivity index (χ0n) is 28.0. The summed E-state index contributed by atoms with van der Waals surface area (Å²) in [5.74, 6) is -24.9. The normalized spacial score (nSPS) is 27.2. The number of fused-ring (bicyclic) bond motifs is 5. The summed E-state index contributed by atoms with van der Waals surface area (Å²) in [6.45, 7) is 0. The molecule has 6 atom stereocenters. The molecule has 1 saturated carbocycles. The lowest BCUT2D eigenvalue weighted by Crippen LogP contribution is -2.60. The number of oxazole rings is 1. The number of anilines is 2. The largest absolute Gasteiger partial charge is 0.505 e. The highest BCUT2D eigenvalue weighted by Crippen LogP contribution is 2.67. The van der Waals surface area contributed by atoms with Gasteiger partial charge in [0.25, 0.3) is 11.8 Å². The number of carbonyl (C=O) groups is 4. The second-order valence-corrected chi connectivity index (χ2v) is 15.2. The highest BCUT2D eigenvalue weighted by molar-refractivity contribution is 6.58. The van der Waals surface area contributed by atoms with Gasteiger partial charge in [-0.25, -0.2) is 36.2 Å². The van der Waals surface area contributed by atoms with Gasteiger partial charge in [-0.05, 0) is 61.2 Å². The fourth-order valence-electron chi connectivity index (χ4n) is 8.68. The van der Waals surface area contributed by atoms with E-state index >= 15 is 8.78 Å². The highest BCUT2D eigenvalue weighted by atomic mass is 35.5. The van der Waals surface area contributed by atoms with Crippen molar-refractivity contribution < 1.29 is 55.0 Å². The maximum absolute atomic E-state index is 15.3. The lowest BCUT2D eigenvalue weighted by atomic mass is 9.56. The Balaban J connectivity index is 1.15. The topological polar surface area (TPSA) is 121 Å². The van der Waals surface area contributed by atoms with Crippen LogP contribution in [0.5, 0.6) is 5.75 Å². The van der Waals surface area contributed by atoms with Gasteiger partial charge >= 0.3 is 0 Å². The number of carbonyl (C=O) groups excluding carboxylic acids is 4. The number of amides is 4. The molecule has 9 rings (SSSR count). The van der Waals surface area contributed by atoms with Crippen LogP contribution in [-0.4, -0.2) is 43.5 Å². The van der Waals surface area contributed by atoms with E-state index in [-0.39, 0.29) is 28.5 Å². The predicted octanol–water partition coefficient (Wildman–Crippen LogP) is 7.80. The van der Waals surface area contributed by atoms with E-state index in [0.717, 1.165) is 23.1 Å². The van der Waals surface area contributed by atoms with Gasteiger partial charge in [0, 0.05) is 17.0 Å². The maximum Gasteiger partial charge on any atom is 0.258 e. The summed E-state index contributed by atoms with van der Waals surface area (Å²) in [5, 5.41) is 11.0. The van der Waals surface area contributed by atoms with Gasteiger partial charge in [-0.15, -0.1) is 23.2 Å². The van der Waals surface area contributed by atoms with Crippen LogP contribution in [0, 0.1) is 52.7 Å². The summed E-state index contributed by atoms with van der Waals surface area (Å²) in [6.07, 6.45) is 0.514. The monoisotopic (exact) mass is 811 g/mol. The number of phenolic OH excluding ortho intramolecular Hbond substituents is 1. The van der Waals surface area contributed by atoms with E-state index in [4.69, 9.17) is 27.6 Å². The molecule has 0 bridgehead atoms. The van der Waals surface area contributed by atoms with E-state index in [1.807, 2.05) is 0 Å². The second-order valence-electron chi connectivity index (χ2n) is 13.9. The molecule has 0 unspecified atom stereocenters. The lowest BCUT2D eigenvalue weighted by Gasteiger charge is -2.50. The third-order valence-electron chi connectivity index (χ3n) is 11.2. The molecule has 0 radical (unpaired) electrons. The van der Waals surface area contributed by atoms with Crippen molar-refractivity contribution in [2.75, 3.05) is 9.80 Å². The minimum absolute atomic E-state index is 0.0492. The standard InChI is InChI=1S/C39H21Cl2F6N3O6/c40-38-14-20-17(12-13-18-24(20)35(53)49(34(18)52)16-10-8-15(9-11-16)33-48-22-6-1-2-7-23(22)56-33)25(19-4-3-5-21(42)32(19)51)39(38,41)37(55)50(36(38)54)31-29(46)27(44)26(43)28(45)30(31)47/h1-12,18,20,24-25,51H,13-14H2/t18-,20+,24-,25+,38+,39-/m0/s1. The van der Waals surface area contributed by atoms with Crippen LogP contribution in [0.2, 0.25) is 0 Å². The van der Waals surface area contributed by atoms with Crippen molar-refractivity contribution in [1.82, 2.24) is 4.98 Å². The Morgan fingerprint density at radius 3 is 2.09 bits per heavy atom. The molecule has 2 aliphatic carbocycles. The molecule has 1 N–H and O–H groups in total. The van der Waals surface area contributed by atoms with Gasteiger partial charge in [-0.3, -0.25) is 24.1 Å². The van der Waals surface area contributed by atoms with Crippen LogP contribution in [0.3, 0.4) is 0 Å². The first kappa shape index (κ1) is 36.0. The van der Waals surface area contributed by atoms with Crippen molar-refractivity contribution >= 4 is 69.3 Å². The third-order valence-corrected chi connectivity index (χ3v) is 12.6. The van der Waals surface area contributed by atoms with Gasteiger partial charge in [0.15, 0.2) is 50.2 Å². The molecule has 17 heteroatoms. The van der Waals surface area contributed by atoms with Crippen molar-refractivity contribution in [3.63, 3.8) is 0 Å². The summed E-state index contributed by atoms with van der Waals surface area (Å²) in [5.41, 5.74) is -0.517. The summed E-state index contributed by atoms with van der Waals surface area (Å²) in [7, 11) is 0. The van der Waals surface area contributed by atoms with Gasteiger partial charge in [-0.2, -0.15) is 0 Å². The average Bonchev–Trinajstić information content (AvgIpc) is 3.78. The van der Waals surface area contributed by atoms with Crippen LogP contribution in [0.4, 0.5) is 37.7 Å². The molecule has 3 fully saturated rings. The van der Waals surface area contributed by atoms with Crippen LogP contribution < -0.4 is 9.80 Å². The number of allylic oxidation sites excluding steroid dienone is 2. The molecule has 4 amide bonds. The zero-order valence-corrected chi connectivity index (χ0v) is 29.5. The number of aromatic hydroxyl groups is 1. The van der Waals surface area contributed by atoms with Gasteiger partial charge in [-0.1, -0.05) is 35.9 Å². The third kappa shape index (κ3) is 4.55. The second kappa shape index (κ2) is 12.2. The van der Waals surface area contributed by atoms with Crippen LogP contribution >= 0.6 is 23.2 Å². The van der Waals surface area contributed by atoms with Gasteiger partial charge in [0.2, 0.25) is 23.5 Å². The summed E-state index contributed by atoms with van der Waals surface area (Å²) in [6, 6.07) is 16.3. The van der Waals surface area contributed by atoms with Crippen molar-refractivity contribution in [1.29, 1.82) is 0 Å². The smallest absolute Gasteiger partial charge is 0.258 e. The zero-order chi connectivity index (χ0) is 39.7. The molecule has 284 valence electrons. The first-order valence-electron chi connectivity index (χ1n) is 16.9. The number of para-hydroxylation sites is 3. The fourth-order valence-corrected chi connectivity index (χ4v) is 9.61. The molecular formula is C39H21Cl2F6N3O6. The number of hydrogen-bond acceptors (Lipinski definition) is 7. The number of alkyl halides is 2. The molecule has 56 heavy (non-hydrogen) atoms. The van der Waals surface area contributed by atoms with Crippen molar-refractivity contribution in [2.24, 2.45) is 17.8 Å². The van der Waals surface area contributed by atoms with E-state index in [1.165, 1.54) is 18.2 Å². The Hall–Kier alpha value is -5.67. The molecule has 0 spiro atoms. The Morgan fingerprint density at radius 2 is 1.41 bits per heavy atom. The number of hydrogen-bond donors (Lipinski definition) is 1. The van der Waals surface area contributed by atoms with E-state index in [2.05, 4.69) is 4.98 Å². The molecule has 3 heterocycles. The molecule has 4 aromatic carbocycles. The van der Waals surface area contributed by atoms with Crippen LogP contribution in [-0.2, 0) is 19.2 Å². The van der Waals surface area contributed by atoms with Crippen molar-refractivity contribution in [3.8, 4) is 17.2 Å². The molecule has 9 nitrogen and oxygen atoms in total. The first-order chi connectivity index (χ1) is 26.6. The Bertz CT molecular complexity index is 2590. The van der Waals surface area contributed by atoms with Gasteiger partial charge in [0.05, 0.1) is 17.5 Å². The lowest BCUT2D eigenvalue weighted by molar-refractivity contribution is -0.125. The van der Waals surface area contributed by atoms with Crippen LogP contribution in [0.25, 0.3) is 22.6 Å². The number of imide groups is 2. The number of nitrogens with zero attached hydrogens (tertiary/aromatic N) is 3. The molecule has 1 aromatic heterocycles. The number of phenols is 1. The van der Waals surface area contributed by atoms with E-state index in [0.29, 0.717) is 16.7 Å². The Morgan fingerprint density at radius 1 is 0.750 bits per heavy atom. The number of rotatable bonds is 4. The molecule has 5 aromatic rings. The average molecular weight is 813 g/mol. The van der Waals surface area contributed by atoms with E-state index < -0.39 is 115 Å². The Kier molecular flexibility index (Phi) is 7.82. The van der Waals surface area contributed by atoms with E-state index in [1.54, 1.807) is 36.4 Å². The Labute approximate surface area is 320 Å². The summed E-state index contributed by atoms with van der Waals surface area (Å²) < 4.78 is 94.3. The first-order valence-corrected chi connectivity index (χ1v) is 17.7.